The summed E-state index contributed by atoms with van der Waals surface area (Å²) in [6.45, 7) is 2.05. The van der Waals surface area contributed by atoms with E-state index >= 15 is 0 Å². The Morgan fingerprint density at radius 3 is 2.40 bits per heavy atom. The molecule has 3 aromatic rings. The monoisotopic (exact) mass is 460 g/mol. The average Bonchev–Trinajstić information content (AvgIpc) is 3.26. The van der Waals surface area contributed by atoms with E-state index in [-0.39, 0.29) is 16.8 Å². The fourth-order valence-corrected chi connectivity index (χ4v) is 4.79. The van der Waals surface area contributed by atoms with Gasteiger partial charge in [-0.1, -0.05) is 48.9 Å². The predicted octanol–water partition coefficient (Wildman–Crippen LogP) is 4.62. The lowest BCUT2D eigenvalue weighted by Gasteiger charge is -2.17. The highest BCUT2D eigenvalue weighted by molar-refractivity contribution is 7.89. The minimum absolute atomic E-state index is 0.187. The number of nitrogens with one attached hydrogen (secondary N) is 2. The number of sulfonamides is 1. The van der Waals surface area contributed by atoms with Crippen molar-refractivity contribution in [3.63, 3.8) is 0 Å². The Labute approximate surface area is 185 Å². The first kappa shape index (κ1) is 22.2. The van der Waals surface area contributed by atoms with Gasteiger partial charge in [0.05, 0.1) is 10.9 Å². The van der Waals surface area contributed by atoms with Crippen LogP contribution in [-0.2, 0) is 14.8 Å². The van der Waals surface area contributed by atoms with E-state index < -0.39 is 10.0 Å². The van der Waals surface area contributed by atoms with E-state index in [1.165, 1.54) is 18.2 Å². The fourth-order valence-electron chi connectivity index (χ4n) is 2.82. The minimum Gasteiger partial charge on any atom is -0.341 e. The second-order valence-electron chi connectivity index (χ2n) is 6.41. The van der Waals surface area contributed by atoms with Crippen molar-refractivity contribution in [3.8, 4) is 0 Å². The third-order valence-electron chi connectivity index (χ3n) is 4.27. The predicted molar refractivity (Wildman–Crippen MR) is 122 cm³/mol. The zero-order valence-electron chi connectivity index (χ0n) is 16.2. The molecule has 0 aliphatic heterocycles. The summed E-state index contributed by atoms with van der Waals surface area (Å²) in [7, 11) is -3.49. The summed E-state index contributed by atoms with van der Waals surface area (Å²) in [6, 6.07) is 17.3. The molecular formula is C22H21ClN2O3S2. The van der Waals surface area contributed by atoms with Crippen molar-refractivity contribution in [3.05, 3.63) is 93.1 Å². The molecule has 156 valence electrons. The molecule has 8 heteroatoms. The average molecular weight is 461 g/mol. The maximum absolute atomic E-state index is 12.5. The molecule has 1 amide bonds. The zero-order chi connectivity index (χ0) is 21.6. The first-order valence-electron chi connectivity index (χ1n) is 9.26. The molecule has 1 heterocycles. The Hall–Kier alpha value is -2.45. The lowest BCUT2D eigenvalue weighted by molar-refractivity contribution is -0.116. The van der Waals surface area contributed by atoms with Crippen molar-refractivity contribution in [2.75, 3.05) is 6.54 Å². The van der Waals surface area contributed by atoms with Crippen LogP contribution in [0.2, 0.25) is 5.02 Å². The molecule has 30 heavy (non-hydrogen) atoms. The van der Waals surface area contributed by atoms with Crippen molar-refractivity contribution >= 4 is 44.9 Å². The normalized spacial score (nSPS) is 12.7. The molecule has 1 atom stereocenters. The molecule has 0 aliphatic carbocycles. The van der Waals surface area contributed by atoms with Gasteiger partial charge in [-0.05, 0) is 52.9 Å². The highest BCUT2D eigenvalue weighted by Crippen LogP contribution is 2.27. The van der Waals surface area contributed by atoms with Crippen molar-refractivity contribution < 1.29 is 13.2 Å². The van der Waals surface area contributed by atoms with Gasteiger partial charge in [-0.2, -0.15) is 0 Å². The van der Waals surface area contributed by atoms with Gasteiger partial charge >= 0.3 is 0 Å². The van der Waals surface area contributed by atoms with E-state index in [2.05, 4.69) is 10.0 Å². The summed E-state index contributed by atoms with van der Waals surface area (Å²) in [5.41, 5.74) is 1.65. The van der Waals surface area contributed by atoms with Gasteiger partial charge in [0.15, 0.2) is 0 Å². The van der Waals surface area contributed by atoms with Crippen LogP contribution in [0.1, 0.15) is 29.0 Å². The van der Waals surface area contributed by atoms with Gasteiger partial charge in [0, 0.05) is 22.5 Å². The van der Waals surface area contributed by atoms with Gasteiger partial charge in [-0.25, -0.2) is 13.1 Å². The maximum atomic E-state index is 12.5. The van der Waals surface area contributed by atoms with E-state index in [0.717, 1.165) is 16.0 Å². The second-order valence-corrected chi connectivity index (χ2v) is 9.59. The molecule has 1 unspecified atom stereocenters. The zero-order valence-corrected chi connectivity index (χ0v) is 18.6. The number of halogens is 1. The van der Waals surface area contributed by atoms with E-state index in [4.69, 9.17) is 11.6 Å². The number of hydrogen-bond donors (Lipinski definition) is 2. The van der Waals surface area contributed by atoms with Crippen LogP contribution >= 0.6 is 22.9 Å². The Morgan fingerprint density at radius 1 is 1.10 bits per heavy atom. The van der Waals surface area contributed by atoms with E-state index in [9.17, 15) is 13.2 Å². The fraction of sp³-hybridized carbons (Fsp3) is 0.136. The molecule has 3 rings (SSSR count). The number of hydrogen-bond acceptors (Lipinski definition) is 4. The lowest BCUT2D eigenvalue weighted by Crippen LogP contribution is -2.27. The Bertz CT molecular complexity index is 1110. The van der Waals surface area contributed by atoms with Gasteiger partial charge in [0.25, 0.3) is 0 Å². The van der Waals surface area contributed by atoms with E-state index in [1.54, 1.807) is 48.6 Å². The molecule has 0 bridgehead atoms. The highest BCUT2D eigenvalue weighted by Gasteiger charge is 2.17. The van der Waals surface area contributed by atoms with Gasteiger partial charge in [-0.3, -0.25) is 4.79 Å². The van der Waals surface area contributed by atoms with E-state index in [0.29, 0.717) is 11.6 Å². The van der Waals surface area contributed by atoms with Crippen LogP contribution in [0.25, 0.3) is 6.08 Å². The molecule has 2 aromatic carbocycles. The van der Waals surface area contributed by atoms with Crippen molar-refractivity contribution in [1.82, 2.24) is 10.0 Å². The standard InChI is InChI=1S/C22H21ClN2O3S2/c1-2-24-30(27,28)19-12-5-16(6-13-19)7-14-21(26)25-22(20-4-3-15-29-20)17-8-10-18(23)11-9-17/h3-15,22,24H,2H2,1H3,(H,25,26). The van der Waals surface area contributed by atoms with Crippen molar-refractivity contribution in [1.29, 1.82) is 0 Å². The molecule has 5 nitrogen and oxygen atoms in total. The van der Waals surface area contributed by atoms with Crippen LogP contribution in [0.5, 0.6) is 0 Å². The molecule has 0 spiro atoms. The molecular weight excluding hydrogens is 440 g/mol. The first-order valence-corrected chi connectivity index (χ1v) is 12.0. The van der Waals surface area contributed by atoms with E-state index in [1.807, 2.05) is 29.6 Å². The van der Waals surface area contributed by atoms with Crippen LogP contribution in [0, 0.1) is 0 Å². The Balaban J connectivity index is 1.72. The van der Waals surface area contributed by atoms with Gasteiger partial charge in [-0.15, -0.1) is 11.3 Å². The third-order valence-corrected chi connectivity index (χ3v) is 7.02. The molecule has 0 saturated carbocycles. The van der Waals surface area contributed by atoms with Crippen LogP contribution < -0.4 is 10.0 Å². The van der Waals surface area contributed by atoms with Crippen LogP contribution in [0.3, 0.4) is 0 Å². The van der Waals surface area contributed by atoms with Crippen molar-refractivity contribution in [2.24, 2.45) is 0 Å². The number of carbonyl (C=O) groups is 1. The number of benzene rings is 2. The summed E-state index contributed by atoms with van der Waals surface area (Å²) in [5, 5.41) is 5.61. The summed E-state index contributed by atoms with van der Waals surface area (Å²) in [4.78, 5) is 13.7. The van der Waals surface area contributed by atoms with Crippen LogP contribution in [0.4, 0.5) is 0 Å². The number of amides is 1. The van der Waals surface area contributed by atoms with Crippen LogP contribution in [-0.4, -0.2) is 20.9 Å². The highest BCUT2D eigenvalue weighted by atomic mass is 35.5. The summed E-state index contributed by atoms with van der Waals surface area (Å²) >= 11 is 7.54. The third kappa shape index (κ3) is 5.79. The number of carbonyl (C=O) groups excluding carboxylic acids is 1. The molecule has 0 fully saturated rings. The molecule has 0 saturated heterocycles. The van der Waals surface area contributed by atoms with Crippen molar-refractivity contribution in [2.45, 2.75) is 17.9 Å². The molecule has 0 radical (unpaired) electrons. The molecule has 0 aliphatic rings. The molecule has 2 N–H and O–H groups in total. The van der Waals surface area contributed by atoms with Gasteiger partial charge < -0.3 is 5.32 Å². The van der Waals surface area contributed by atoms with Gasteiger partial charge in [0.1, 0.15) is 0 Å². The summed E-state index contributed by atoms with van der Waals surface area (Å²) in [5.74, 6) is -0.257. The molecule has 1 aromatic heterocycles. The smallest absolute Gasteiger partial charge is 0.244 e. The SMILES string of the molecule is CCNS(=O)(=O)c1ccc(C=CC(=O)NC(c2ccc(Cl)cc2)c2cccs2)cc1. The largest absolute Gasteiger partial charge is 0.341 e. The maximum Gasteiger partial charge on any atom is 0.244 e. The summed E-state index contributed by atoms with van der Waals surface area (Å²) < 4.78 is 26.4. The Morgan fingerprint density at radius 2 is 1.80 bits per heavy atom. The van der Waals surface area contributed by atoms with Crippen LogP contribution in [0.15, 0.2) is 77.0 Å². The first-order chi connectivity index (χ1) is 14.4. The quantitative estimate of drug-likeness (QED) is 0.481. The van der Waals surface area contributed by atoms with Gasteiger partial charge in [0.2, 0.25) is 15.9 Å². The number of rotatable bonds is 8. The topological polar surface area (TPSA) is 75.3 Å². The summed E-state index contributed by atoms with van der Waals surface area (Å²) in [6.07, 6.45) is 3.08. The lowest BCUT2D eigenvalue weighted by atomic mass is 10.1. The number of thiophene rings is 1. The second kappa shape index (κ2) is 10.0. The Kier molecular flexibility index (Phi) is 7.44. The minimum atomic E-state index is -3.49.